The number of aryl methyl sites for hydroxylation is 1. The third kappa shape index (κ3) is 2.82. The molecule has 1 aliphatic heterocycles. The van der Waals surface area contributed by atoms with Crippen LogP contribution in [0.25, 0.3) is 0 Å². The number of hydrogen-bond donors (Lipinski definition) is 1. The van der Waals surface area contributed by atoms with E-state index >= 15 is 0 Å². The van der Waals surface area contributed by atoms with E-state index < -0.39 is 0 Å². The molecule has 4 heteroatoms. The number of fused-ring (bicyclic) bond motifs is 1. The summed E-state index contributed by atoms with van der Waals surface area (Å²) < 4.78 is 16.4. The molecule has 1 heterocycles. The summed E-state index contributed by atoms with van der Waals surface area (Å²) in [5, 5.41) is 9.29. The lowest BCUT2D eigenvalue weighted by atomic mass is 10.1. The minimum Gasteiger partial charge on any atom is -0.493 e. The molecule has 0 bridgehead atoms. The Morgan fingerprint density at radius 2 is 2.12 bits per heavy atom. The predicted octanol–water partition coefficient (Wildman–Crippen LogP) is 1.78. The molecule has 0 spiro atoms. The highest BCUT2D eigenvalue weighted by atomic mass is 16.6. The fourth-order valence-electron chi connectivity index (χ4n) is 1.85. The highest BCUT2D eigenvalue weighted by Crippen LogP contribution is 2.40. The van der Waals surface area contributed by atoms with Crippen molar-refractivity contribution in [1.29, 1.82) is 0 Å². The maximum absolute atomic E-state index is 9.29. The van der Waals surface area contributed by atoms with Gasteiger partial charge >= 0.3 is 0 Å². The van der Waals surface area contributed by atoms with Gasteiger partial charge in [-0.25, -0.2) is 0 Å². The molecule has 0 aliphatic carbocycles. The van der Waals surface area contributed by atoms with Crippen molar-refractivity contribution < 1.29 is 19.3 Å². The van der Waals surface area contributed by atoms with Crippen LogP contribution in [0.5, 0.6) is 17.2 Å². The quantitative estimate of drug-likeness (QED) is 0.868. The summed E-state index contributed by atoms with van der Waals surface area (Å²) in [5.74, 6) is 2.11. The molecule has 0 saturated carbocycles. The van der Waals surface area contributed by atoms with Crippen LogP contribution in [0.4, 0.5) is 0 Å². The lowest BCUT2D eigenvalue weighted by Crippen LogP contribution is -2.16. The van der Waals surface area contributed by atoms with Gasteiger partial charge in [0.25, 0.3) is 0 Å². The normalized spacial score (nSPS) is 15.5. The van der Waals surface area contributed by atoms with Crippen molar-refractivity contribution in [2.45, 2.75) is 25.9 Å². The molecule has 0 amide bonds. The van der Waals surface area contributed by atoms with E-state index in [0.29, 0.717) is 24.7 Å². The third-order valence-corrected chi connectivity index (χ3v) is 2.74. The van der Waals surface area contributed by atoms with Crippen LogP contribution >= 0.6 is 0 Å². The Kier molecular flexibility index (Phi) is 3.74. The highest BCUT2D eigenvalue weighted by molar-refractivity contribution is 5.54. The predicted molar refractivity (Wildman–Crippen MR) is 64.0 cm³/mol. The SMILES string of the molecule is COc1cc(CC[C@@H](C)O)cc2c1OCCO2. The van der Waals surface area contributed by atoms with Crippen molar-refractivity contribution in [1.82, 2.24) is 0 Å². The Morgan fingerprint density at radius 1 is 1.35 bits per heavy atom. The van der Waals surface area contributed by atoms with Gasteiger partial charge in [0.1, 0.15) is 13.2 Å². The van der Waals surface area contributed by atoms with Gasteiger partial charge in [0.2, 0.25) is 5.75 Å². The summed E-state index contributed by atoms with van der Waals surface area (Å²) in [5.41, 5.74) is 1.09. The van der Waals surface area contributed by atoms with Gasteiger partial charge in [-0.1, -0.05) is 0 Å². The zero-order valence-corrected chi connectivity index (χ0v) is 10.2. The van der Waals surface area contributed by atoms with Gasteiger partial charge in [-0.05, 0) is 37.5 Å². The molecule has 1 N–H and O–H groups in total. The van der Waals surface area contributed by atoms with E-state index in [9.17, 15) is 5.11 Å². The van der Waals surface area contributed by atoms with E-state index in [1.807, 2.05) is 12.1 Å². The van der Waals surface area contributed by atoms with Gasteiger partial charge in [-0.2, -0.15) is 0 Å². The summed E-state index contributed by atoms with van der Waals surface area (Å²) >= 11 is 0. The summed E-state index contributed by atoms with van der Waals surface area (Å²) in [7, 11) is 1.62. The van der Waals surface area contributed by atoms with Crippen LogP contribution in [-0.4, -0.2) is 31.5 Å². The Hall–Kier alpha value is -1.42. The molecule has 4 nitrogen and oxygen atoms in total. The van der Waals surface area contributed by atoms with Crippen molar-refractivity contribution in [3.63, 3.8) is 0 Å². The summed E-state index contributed by atoms with van der Waals surface area (Å²) in [4.78, 5) is 0. The second-order valence-corrected chi connectivity index (χ2v) is 4.21. The van der Waals surface area contributed by atoms with Crippen molar-refractivity contribution in [2.24, 2.45) is 0 Å². The summed E-state index contributed by atoms with van der Waals surface area (Å²) in [6, 6.07) is 3.90. The third-order valence-electron chi connectivity index (χ3n) is 2.74. The van der Waals surface area contributed by atoms with Crippen LogP contribution in [0.3, 0.4) is 0 Å². The molecule has 1 aromatic carbocycles. The number of ether oxygens (including phenoxy) is 3. The van der Waals surface area contributed by atoms with Crippen LogP contribution in [0.2, 0.25) is 0 Å². The van der Waals surface area contributed by atoms with Gasteiger partial charge in [-0.3, -0.25) is 0 Å². The topological polar surface area (TPSA) is 47.9 Å². The Balaban J connectivity index is 2.23. The number of methoxy groups -OCH3 is 1. The van der Waals surface area contributed by atoms with E-state index in [1.54, 1.807) is 14.0 Å². The van der Waals surface area contributed by atoms with Gasteiger partial charge in [0.15, 0.2) is 11.5 Å². The Bertz CT molecular complexity index is 370. The van der Waals surface area contributed by atoms with Gasteiger partial charge < -0.3 is 19.3 Å². The smallest absolute Gasteiger partial charge is 0.203 e. The molecule has 1 atom stereocenters. The molecule has 0 saturated heterocycles. The van der Waals surface area contributed by atoms with E-state index in [4.69, 9.17) is 14.2 Å². The van der Waals surface area contributed by atoms with E-state index in [-0.39, 0.29) is 6.10 Å². The van der Waals surface area contributed by atoms with Crippen molar-refractivity contribution in [2.75, 3.05) is 20.3 Å². The molecule has 17 heavy (non-hydrogen) atoms. The maximum atomic E-state index is 9.29. The number of aliphatic hydroxyl groups excluding tert-OH is 1. The molecule has 2 rings (SSSR count). The molecule has 1 aliphatic rings. The fourth-order valence-corrected chi connectivity index (χ4v) is 1.85. The van der Waals surface area contributed by atoms with Gasteiger partial charge in [0, 0.05) is 0 Å². The first-order valence-electron chi connectivity index (χ1n) is 5.85. The Morgan fingerprint density at radius 3 is 2.82 bits per heavy atom. The summed E-state index contributed by atoms with van der Waals surface area (Å²) in [6.07, 6.45) is 1.22. The van der Waals surface area contributed by atoms with Crippen LogP contribution in [0.15, 0.2) is 12.1 Å². The standard InChI is InChI=1S/C13H18O4/c1-9(14)3-4-10-7-11(15-2)13-12(8-10)16-5-6-17-13/h7-9,14H,3-6H2,1-2H3/t9-/m1/s1. The molecule has 0 radical (unpaired) electrons. The first kappa shape index (κ1) is 12.0. The first-order chi connectivity index (χ1) is 8.20. The molecular formula is C13H18O4. The van der Waals surface area contributed by atoms with Crippen LogP contribution in [0, 0.1) is 0 Å². The zero-order chi connectivity index (χ0) is 12.3. The minimum absolute atomic E-state index is 0.297. The van der Waals surface area contributed by atoms with Crippen LogP contribution in [0.1, 0.15) is 18.9 Å². The lowest BCUT2D eigenvalue weighted by Gasteiger charge is -2.21. The second kappa shape index (κ2) is 5.27. The van der Waals surface area contributed by atoms with Crippen molar-refractivity contribution in [3.8, 4) is 17.2 Å². The van der Waals surface area contributed by atoms with E-state index in [0.717, 1.165) is 24.2 Å². The maximum Gasteiger partial charge on any atom is 0.203 e. The average molecular weight is 238 g/mol. The average Bonchev–Trinajstić information content (AvgIpc) is 2.35. The largest absolute Gasteiger partial charge is 0.493 e. The Labute approximate surface area is 101 Å². The number of aliphatic hydroxyl groups is 1. The molecule has 0 aromatic heterocycles. The number of hydrogen-bond acceptors (Lipinski definition) is 4. The molecule has 0 unspecified atom stereocenters. The van der Waals surface area contributed by atoms with Crippen LogP contribution < -0.4 is 14.2 Å². The van der Waals surface area contributed by atoms with E-state index in [1.165, 1.54) is 0 Å². The molecule has 0 fully saturated rings. The first-order valence-corrected chi connectivity index (χ1v) is 5.85. The molecule has 1 aromatic rings. The minimum atomic E-state index is -0.297. The zero-order valence-electron chi connectivity index (χ0n) is 10.2. The second-order valence-electron chi connectivity index (χ2n) is 4.21. The monoisotopic (exact) mass is 238 g/mol. The van der Waals surface area contributed by atoms with Crippen molar-refractivity contribution >= 4 is 0 Å². The van der Waals surface area contributed by atoms with Crippen molar-refractivity contribution in [3.05, 3.63) is 17.7 Å². The van der Waals surface area contributed by atoms with E-state index in [2.05, 4.69) is 0 Å². The number of benzene rings is 1. The molecule has 94 valence electrons. The van der Waals surface area contributed by atoms with Gasteiger partial charge in [-0.15, -0.1) is 0 Å². The summed E-state index contributed by atoms with van der Waals surface area (Å²) in [6.45, 7) is 2.90. The number of rotatable bonds is 4. The fraction of sp³-hybridized carbons (Fsp3) is 0.538. The van der Waals surface area contributed by atoms with Crippen LogP contribution in [-0.2, 0) is 6.42 Å². The highest BCUT2D eigenvalue weighted by Gasteiger charge is 2.18. The molecular weight excluding hydrogens is 220 g/mol. The lowest BCUT2D eigenvalue weighted by molar-refractivity contribution is 0.164. The van der Waals surface area contributed by atoms with Gasteiger partial charge in [0.05, 0.1) is 13.2 Å².